The van der Waals surface area contributed by atoms with Crippen LogP contribution in [0.2, 0.25) is 0 Å². The zero-order valence-electron chi connectivity index (χ0n) is 11.3. The second-order valence-corrected chi connectivity index (χ2v) is 7.48. The Morgan fingerprint density at radius 3 is 3.00 bits per heavy atom. The van der Waals surface area contributed by atoms with Crippen LogP contribution in [0.4, 0.5) is 0 Å². The molecule has 21 heavy (non-hydrogen) atoms. The van der Waals surface area contributed by atoms with Gasteiger partial charge in [0.2, 0.25) is 0 Å². The molecule has 1 atom stereocenters. The monoisotopic (exact) mass is 383 g/mol. The van der Waals surface area contributed by atoms with E-state index in [9.17, 15) is 0 Å². The molecule has 0 aliphatic heterocycles. The topological polar surface area (TPSA) is 63.9 Å². The van der Waals surface area contributed by atoms with Crippen LogP contribution < -0.4 is 10.5 Å². The smallest absolute Gasteiger partial charge is 0.167 e. The molecule has 0 aliphatic carbocycles. The number of nitrogens with one attached hydrogen (secondary N) is 1. The molecule has 0 fully saturated rings. The SMILES string of the molecule is COc1ccc2nc(SC(CN)c3cc(Br)cs3)[nH]c2c1. The van der Waals surface area contributed by atoms with Gasteiger partial charge in [0.15, 0.2) is 5.16 Å². The molecule has 3 rings (SSSR count). The molecule has 2 heterocycles. The van der Waals surface area contributed by atoms with E-state index in [1.807, 2.05) is 18.2 Å². The number of rotatable bonds is 5. The van der Waals surface area contributed by atoms with Crippen LogP contribution in [0.3, 0.4) is 0 Å². The van der Waals surface area contributed by atoms with Gasteiger partial charge in [-0.1, -0.05) is 11.8 Å². The first-order valence-corrected chi connectivity index (χ1v) is 8.89. The average molecular weight is 384 g/mol. The maximum absolute atomic E-state index is 5.91. The summed E-state index contributed by atoms with van der Waals surface area (Å²) >= 11 is 6.84. The quantitative estimate of drug-likeness (QED) is 0.648. The van der Waals surface area contributed by atoms with E-state index in [1.54, 1.807) is 30.2 Å². The van der Waals surface area contributed by atoms with Gasteiger partial charge in [-0.15, -0.1) is 11.3 Å². The zero-order chi connectivity index (χ0) is 14.8. The first-order valence-electron chi connectivity index (χ1n) is 6.34. The van der Waals surface area contributed by atoms with Crippen molar-refractivity contribution in [2.24, 2.45) is 5.73 Å². The van der Waals surface area contributed by atoms with Crippen molar-refractivity contribution in [3.8, 4) is 5.75 Å². The zero-order valence-corrected chi connectivity index (χ0v) is 14.5. The van der Waals surface area contributed by atoms with Crippen LogP contribution >= 0.6 is 39.0 Å². The Morgan fingerprint density at radius 1 is 1.48 bits per heavy atom. The van der Waals surface area contributed by atoms with Crippen LogP contribution in [0, 0.1) is 0 Å². The number of benzene rings is 1. The van der Waals surface area contributed by atoms with Gasteiger partial charge in [-0.05, 0) is 34.1 Å². The van der Waals surface area contributed by atoms with Gasteiger partial charge in [-0.3, -0.25) is 0 Å². The molecule has 0 amide bonds. The summed E-state index contributed by atoms with van der Waals surface area (Å²) in [6.07, 6.45) is 0. The van der Waals surface area contributed by atoms with E-state index in [0.29, 0.717) is 6.54 Å². The van der Waals surface area contributed by atoms with E-state index in [4.69, 9.17) is 10.5 Å². The number of thiophene rings is 1. The number of thioether (sulfide) groups is 1. The number of methoxy groups -OCH3 is 1. The highest BCUT2D eigenvalue weighted by Crippen LogP contribution is 2.38. The van der Waals surface area contributed by atoms with Crippen molar-refractivity contribution in [1.29, 1.82) is 0 Å². The standard InChI is InChI=1S/C14H14BrN3OS2/c1-19-9-2-3-10-11(5-9)18-14(17-10)21-13(6-16)12-4-8(15)7-20-12/h2-5,7,13H,6,16H2,1H3,(H,17,18). The van der Waals surface area contributed by atoms with Crippen LogP contribution in [0.5, 0.6) is 5.75 Å². The van der Waals surface area contributed by atoms with Crippen LogP contribution in [0.15, 0.2) is 39.3 Å². The molecule has 7 heteroatoms. The van der Waals surface area contributed by atoms with Gasteiger partial charge in [-0.2, -0.15) is 0 Å². The lowest BCUT2D eigenvalue weighted by molar-refractivity contribution is 0.415. The number of nitrogens with two attached hydrogens (primary N) is 1. The summed E-state index contributed by atoms with van der Waals surface area (Å²) in [4.78, 5) is 9.16. The fourth-order valence-corrected chi connectivity index (χ4v) is 4.62. The molecule has 0 radical (unpaired) electrons. The molecule has 0 saturated heterocycles. The molecule has 1 unspecified atom stereocenters. The molecule has 1 aromatic carbocycles. The predicted molar refractivity (Wildman–Crippen MR) is 92.3 cm³/mol. The van der Waals surface area contributed by atoms with Crippen molar-refractivity contribution in [3.05, 3.63) is 39.0 Å². The summed E-state index contributed by atoms with van der Waals surface area (Å²) in [7, 11) is 1.66. The second-order valence-electron chi connectivity index (χ2n) is 4.43. The summed E-state index contributed by atoms with van der Waals surface area (Å²) in [5, 5.41) is 3.14. The van der Waals surface area contributed by atoms with Crippen LogP contribution in [-0.4, -0.2) is 23.6 Å². The highest BCUT2D eigenvalue weighted by Gasteiger charge is 2.16. The molecule has 4 nitrogen and oxygen atoms in total. The van der Waals surface area contributed by atoms with Crippen molar-refractivity contribution in [1.82, 2.24) is 9.97 Å². The fourth-order valence-electron chi connectivity index (χ4n) is 2.00. The minimum Gasteiger partial charge on any atom is -0.497 e. The number of aromatic amines is 1. The number of imidazole rings is 1. The molecular weight excluding hydrogens is 370 g/mol. The number of hydrogen-bond acceptors (Lipinski definition) is 5. The van der Waals surface area contributed by atoms with Gasteiger partial charge in [0, 0.05) is 27.3 Å². The van der Waals surface area contributed by atoms with E-state index in [-0.39, 0.29) is 5.25 Å². The number of H-pyrrole nitrogens is 1. The molecule has 3 N–H and O–H groups in total. The van der Waals surface area contributed by atoms with Crippen LogP contribution in [0.25, 0.3) is 11.0 Å². The van der Waals surface area contributed by atoms with Gasteiger partial charge in [0.25, 0.3) is 0 Å². The van der Waals surface area contributed by atoms with Gasteiger partial charge >= 0.3 is 0 Å². The van der Waals surface area contributed by atoms with Crippen molar-refractivity contribution < 1.29 is 4.74 Å². The van der Waals surface area contributed by atoms with Gasteiger partial charge in [-0.25, -0.2) is 4.98 Å². The van der Waals surface area contributed by atoms with Crippen molar-refractivity contribution >= 4 is 50.1 Å². The molecular formula is C14H14BrN3OS2. The predicted octanol–water partition coefficient (Wildman–Crippen LogP) is 4.19. The molecule has 0 saturated carbocycles. The first-order chi connectivity index (χ1) is 10.2. The molecule has 110 valence electrons. The summed E-state index contributed by atoms with van der Waals surface area (Å²) in [5.74, 6) is 0.820. The Morgan fingerprint density at radius 2 is 2.33 bits per heavy atom. The molecule has 3 aromatic rings. The van der Waals surface area contributed by atoms with Gasteiger partial charge < -0.3 is 15.5 Å². The Labute approximate surface area is 139 Å². The number of fused-ring (bicyclic) bond motifs is 1. The minimum absolute atomic E-state index is 0.198. The third-order valence-corrected chi connectivity index (χ3v) is 6.14. The fraction of sp³-hybridized carbons (Fsp3) is 0.214. The lowest BCUT2D eigenvalue weighted by atomic mass is 10.3. The Hall–Kier alpha value is -1.02. The van der Waals surface area contributed by atoms with E-state index in [1.165, 1.54) is 4.88 Å². The van der Waals surface area contributed by atoms with E-state index in [0.717, 1.165) is 26.4 Å². The Bertz CT molecular complexity index is 756. The van der Waals surface area contributed by atoms with Gasteiger partial charge in [0.1, 0.15) is 5.75 Å². The number of aromatic nitrogens is 2. The second kappa shape index (κ2) is 6.39. The molecule has 2 aromatic heterocycles. The molecule has 0 spiro atoms. The van der Waals surface area contributed by atoms with E-state index in [2.05, 4.69) is 37.3 Å². The van der Waals surface area contributed by atoms with Crippen LogP contribution in [-0.2, 0) is 0 Å². The van der Waals surface area contributed by atoms with E-state index < -0.39 is 0 Å². The third-order valence-electron chi connectivity index (χ3n) is 3.04. The Kier molecular flexibility index (Phi) is 4.54. The highest BCUT2D eigenvalue weighted by molar-refractivity contribution is 9.10. The summed E-state index contributed by atoms with van der Waals surface area (Å²) in [6, 6.07) is 7.93. The van der Waals surface area contributed by atoms with Crippen molar-refractivity contribution in [2.45, 2.75) is 10.4 Å². The summed E-state index contributed by atoms with van der Waals surface area (Å²) in [6.45, 7) is 0.567. The maximum atomic E-state index is 5.91. The summed E-state index contributed by atoms with van der Waals surface area (Å²) in [5.41, 5.74) is 7.81. The number of ether oxygens (including phenoxy) is 1. The normalized spacial score (nSPS) is 12.7. The Balaban J connectivity index is 1.86. The average Bonchev–Trinajstić information content (AvgIpc) is 3.09. The summed E-state index contributed by atoms with van der Waals surface area (Å²) < 4.78 is 6.32. The number of nitrogens with zero attached hydrogens (tertiary/aromatic N) is 1. The lowest BCUT2D eigenvalue weighted by Crippen LogP contribution is -2.08. The first kappa shape index (κ1) is 14.9. The maximum Gasteiger partial charge on any atom is 0.167 e. The number of hydrogen-bond donors (Lipinski definition) is 2. The largest absolute Gasteiger partial charge is 0.497 e. The third kappa shape index (κ3) is 3.26. The van der Waals surface area contributed by atoms with E-state index >= 15 is 0 Å². The van der Waals surface area contributed by atoms with Gasteiger partial charge in [0.05, 0.1) is 23.4 Å². The lowest BCUT2D eigenvalue weighted by Gasteiger charge is -2.09. The van der Waals surface area contributed by atoms with Crippen molar-refractivity contribution in [2.75, 3.05) is 13.7 Å². The number of halogens is 1. The molecule has 0 aliphatic rings. The minimum atomic E-state index is 0.198. The van der Waals surface area contributed by atoms with Crippen LogP contribution in [0.1, 0.15) is 10.1 Å². The van der Waals surface area contributed by atoms with Crippen molar-refractivity contribution in [3.63, 3.8) is 0 Å². The molecule has 0 bridgehead atoms. The highest BCUT2D eigenvalue weighted by atomic mass is 79.9.